The van der Waals surface area contributed by atoms with Gasteiger partial charge in [-0.05, 0) is 52.6 Å². The van der Waals surface area contributed by atoms with E-state index in [9.17, 15) is 0 Å². The number of hydrogen-bond donors (Lipinski definition) is 0. The highest BCUT2D eigenvalue weighted by Gasteiger charge is 2.49. The molecule has 0 nitrogen and oxygen atoms in total. The lowest BCUT2D eigenvalue weighted by Crippen LogP contribution is -2.39. The number of hydrogen-bond acceptors (Lipinski definition) is 0. The monoisotopic (exact) mass is 336 g/mol. The van der Waals surface area contributed by atoms with Crippen molar-refractivity contribution in [3.8, 4) is 0 Å². The Morgan fingerprint density at radius 3 is 2.04 bits per heavy atom. The van der Waals surface area contributed by atoms with Crippen LogP contribution in [0, 0.1) is 28.6 Å². The number of allylic oxidation sites excluding steroid dienone is 2. The van der Waals surface area contributed by atoms with Crippen LogP contribution in [0.2, 0.25) is 0 Å². The fourth-order valence-corrected chi connectivity index (χ4v) is 5.43. The normalized spacial score (nSPS) is 27.8. The molecule has 1 aromatic carbocycles. The number of fused-ring (bicyclic) bond motifs is 1. The maximum absolute atomic E-state index is 4.17. The van der Waals surface area contributed by atoms with Gasteiger partial charge in [-0.1, -0.05) is 102 Å². The molecule has 0 radical (unpaired) electrons. The lowest BCUT2D eigenvalue weighted by molar-refractivity contribution is 0.0721. The standard InChI is InChI=1S/C25H36/c1-6-22(16-19-12-8-7-9-13-19)24(2,3)25(4,5)23-17-20-14-10-11-15-21(20)18-23/h6-9,12-13,16,20-21,23H,1,10-11,14-15,17-18H2,2-5H3. The topological polar surface area (TPSA) is 0 Å². The minimum absolute atomic E-state index is 0.114. The van der Waals surface area contributed by atoms with Crippen molar-refractivity contribution in [3.63, 3.8) is 0 Å². The molecule has 2 aliphatic carbocycles. The summed E-state index contributed by atoms with van der Waals surface area (Å²) in [5.74, 6) is 2.83. The van der Waals surface area contributed by atoms with Crippen molar-refractivity contribution >= 4 is 6.08 Å². The molecule has 0 bridgehead atoms. The Hall–Kier alpha value is -1.30. The van der Waals surface area contributed by atoms with Crippen molar-refractivity contribution in [2.75, 3.05) is 0 Å². The van der Waals surface area contributed by atoms with E-state index in [0.717, 1.165) is 17.8 Å². The van der Waals surface area contributed by atoms with Gasteiger partial charge >= 0.3 is 0 Å². The van der Waals surface area contributed by atoms with E-state index in [2.05, 4.69) is 76.8 Å². The molecule has 0 heteroatoms. The van der Waals surface area contributed by atoms with Gasteiger partial charge in [-0.3, -0.25) is 0 Å². The third-order valence-electron chi connectivity index (χ3n) is 7.94. The van der Waals surface area contributed by atoms with Gasteiger partial charge in [-0.2, -0.15) is 0 Å². The Morgan fingerprint density at radius 1 is 0.960 bits per heavy atom. The molecule has 0 saturated heterocycles. The molecule has 2 aliphatic rings. The summed E-state index contributed by atoms with van der Waals surface area (Å²) >= 11 is 0. The molecule has 25 heavy (non-hydrogen) atoms. The number of rotatable bonds is 5. The summed E-state index contributed by atoms with van der Waals surface area (Å²) in [7, 11) is 0. The molecule has 136 valence electrons. The minimum Gasteiger partial charge on any atom is -0.0988 e. The van der Waals surface area contributed by atoms with Gasteiger partial charge in [0.2, 0.25) is 0 Å². The van der Waals surface area contributed by atoms with Crippen LogP contribution in [0.4, 0.5) is 0 Å². The van der Waals surface area contributed by atoms with Crippen molar-refractivity contribution in [2.24, 2.45) is 28.6 Å². The molecular formula is C25H36. The van der Waals surface area contributed by atoms with Gasteiger partial charge in [0, 0.05) is 0 Å². The van der Waals surface area contributed by atoms with E-state index >= 15 is 0 Å². The van der Waals surface area contributed by atoms with Crippen LogP contribution in [0.3, 0.4) is 0 Å². The SMILES string of the molecule is C=CC(=Cc1ccccc1)C(C)(C)C(C)(C)C1CC2CCCCC2C1. The van der Waals surface area contributed by atoms with Crippen LogP contribution in [0.1, 0.15) is 71.8 Å². The van der Waals surface area contributed by atoms with E-state index in [0.29, 0.717) is 0 Å². The predicted molar refractivity (Wildman–Crippen MR) is 110 cm³/mol. The van der Waals surface area contributed by atoms with Gasteiger partial charge in [-0.15, -0.1) is 0 Å². The second-order valence-electron chi connectivity index (χ2n) is 9.53. The Labute approximate surface area is 155 Å². The maximum Gasteiger partial charge on any atom is -0.00498 e. The van der Waals surface area contributed by atoms with Gasteiger partial charge in [0.05, 0.1) is 0 Å². The maximum atomic E-state index is 4.17. The van der Waals surface area contributed by atoms with Gasteiger partial charge in [0.25, 0.3) is 0 Å². The molecule has 0 amide bonds. The summed E-state index contributed by atoms with van der Waals surface area (Å²) in [5, 5.41) is 0. The molecule has 0 aliphatic heterocycles. The molecule has 0 N–H and O–H groups in total. The average molecular weight is 337 g/mol. The summed E-state index contributed by atoms with van der Waals surface area (Å²) in [4.78, 5) is 0. The van der Waals surface area contributed by atoms with E-state index in [1.54, 1.807) is 0 Å². The molecule has 0 aromatic heterocycles. The summed E-state index contributed by atoms with van der Waals surface area (Å²) in [5.41, 5.74) is 3.04. The predicted octanol–water partition coefficient (Wildman–Crippen LogP) is 7.52. The highest BCUT2D eigenvalue weighted by molar-refractivity contribution is 5.57. The van der Waals surface area contributed by atoms with Gasteiger partial charge in [-0.25, -0.2) is 0 Å². The van der Waals surface area contributed by atoms with Crippen molar-refractivity contribution in [3.05, 3.63) is 54.1 Å². The Bertz CT molecular complexity index is 603. The first-order valence-corrected chi connectivity index (χ1v) is 10.3. The second-order valence-corrected chi connectivity index (χ2v) is 9.53. The first kappa shape index (κ1) is 18.5. The molecule has 3 rings (SSSR count). The first-order chi connectivity index (χ1) is 11.9. The van der Waals surface area contributed by atoms with Gasteiger partial charge in [0.1, 0.15) is 0 Å². The Kier molecular flexibility index (Phi) is 5.28. The van der Waals surface area contributed by atoms with Crippen LogP contribution >= 0.6 is 0 Å². The molecule has 0 heterocycles. The third kappa shape index (κ3) is 3.50. The molecule has 2 fully saturated rings. The molecule has 2 saturated carbocycles. The van der Waals surface area contributed by atoms with E-state index in [1.165, 1.54) is 49.7 Å². The highest BCUT2D eigenvalue weighted by atomic mass is 14.5. The van der Waals surface area contributed by atoms with Crippen LogP contribution in [0.5, 0.6) is 0 Å². The Morgan fingerprint density at radius 2 is 1.52 bits per heavy atom. The quantitative estimate of drug-likeness (QED) is 0.488. The Balaban J connectivity index is 1.86. The summed E-state index contributed by atoms with van der Waals surface area (Å²) in [6.45, 7) is 14.1. The molecule has 2 unspecified atom stereocenters. The van der Waals surface area contributed by atoms with E-state index in [-0.39, 0.29) is 10.8 Å². The largest absolute Gasteiger partial charge is 0.0988 e. The van der Waals surface area contributed by atoms with Crippen LogP contribution in [0.25, 0.3) is 6.08 Å². The summed E-state index contributed by atoms with van der Waals surface area (Å²) in [6, 6.07) is 10.7. The minimum atomic E-state index is 0.114. The number of benzene rings is 1. The summed E-state index contributed by atoms with van der Waals surface area (Å²) < 4.78 is 0. The zero-order valence-electron chi connectivity index (χ0n) is 16.7. The van der Waals surface area contributed by atoms with E-state index < -0.39 is 0 Å². The van der Waals surface area contributed by atoms with Crippen LogP contribution in [-0.2, 0) is 0 Å². The third-order valence-corrected chi connectivity index (χ3v) is 7.94. The molecular weight excluding hydrogens is 300 g/mol. The zero-order chi connectivity index (χ0) is 18.1. The fourth-order valence-electron chi connectivity index (χ4n) is 5.43. The van der Waals surface area contributed by atoms with E-state index in [1.807, 2.05) is 0 Å². The first-order valence-electron chi connectivity index (χ1n) is 10.3. The van der Waals surface area contributed by atoms with Gasteiger partial charge < -0.3 is 0 Å². The van der Waals surface area contributed by atoms with E-state index in [4.69, 9.17) is 0 Å². The van der Waals surface area contributed by atoms with Gasteiger partial charge in [0.15, 0.2) is 0 Å². The lowest BCUT2D eigenvalue weighted by atomic mass is 9.57. The van der Waals surface area contributed by atoms with Crippen LogP contribution in [0.15, 0.2) is 48.6 Å². The second kappa shape index (κ2) is 7.14. The highest BCUT2D eigenvalue weighted by Crippen LogP contribution is 2.58. The average Bonchev–Trinajstić information content (AvgIpc) is 3.05. The zero-order valence-corrected chi connectivity index (χ0v) is 16.7. The van der Waals surface area contributed by atoms with Crippen LogP contribution < -0.4 is 0 Å². The van der Waals surface area contributed by atoms with Crippen molar-refractivity contribution < 1.29 is 0 Å². The molecule has 1 aromatic rings. The van der Waals surface area contributed by atoms with Crippen molar-refractivity contribution in [1.82, 2.24) is 0 Å². The van der Waals surface area contributed by atoms with Crippen molar-refractivity contribution in [1.29, 1.82) is 0 Å². The molecule has 0 spiro atoms. The summed E-state index contributed by atoms with van der Waals surface area (Å²) in [6.07, 6.45) is 13.2. The fraction of sp³-hybridized carbons (Fsp3) is 0.600. The lowest BCUT2D eigenvalue weighted by Gasteiger charge is -2.47. The van der Waals surface area contributed by atoms with Crippen molar-refractivity contribution in [2.45, 2.75) is 66.2 Å². The molecule has 2 atom stereocenters. The smallest absolute Gasteiger partial charge is 0.00498 e. The van der Waals surface area contributed by atoms with Crippen LogP contribution in [-0.4, -0.2) is 0 Å².